The number of nitrogens with one attached hydrogen (secondary N) is 1. The van der Waals surface area contributed by atoms with Crippen LogP contribution in [0.4, 0.5) is 0 Å². The second-order valence-corrected chi connectivity index (χ2v) is 8.21. The molecule has 0 bridgehead atoms. The zero-order valence-electron chi connectivity index (χ0n) is 17.6. The number of nitrogens with zero attached hydrogens (tertiary/aromatic N) is 5. The Labute approximate surface area is 186 Å². The maximum atomic E-state index is 4.94. The van der Waals surface area contributed by atoms with Crippen molar-refractivity contribution in [2.75, 3.05) is 52.9 Å². The van der Waals surface area contributed by atoms with Crippen molar-refractivity contribution < 1.29 is 4.52 Å². The molecule has 1 aromatic rings. The molecule has 2 aliphatic rings. The maximum absolute atomic E-state index is 4.94. The average molecular weight is 504 g/mol. The van der Waals surface area contributed by atoms with E-state index in [-0.39, 0.29) is 24.0 Å². The highest BCUT2D eigenvalue weighted by Crippen LogP contribution is 2.17. The summed E-state index contributed by atoms with van der Waals surface area (Å²) in [4.78, 5) is 12.0. The van der Waals surface area contributed by atoms with E-state index in [1.807, 2.05) is 13.1 Å². The van der Waals surface area contributed by atoms with Crippen molar-refractivity contribution in [1.29, 1.82) is 0 Å². The molecule has 1 atom stereocenters. The molecule has 2 saturated heterocycles. The van der Waals surface area contributed by atoms with Gasteiger partial charge in [0.2, 0.25) is 0 Å². The Morgan fingerprint density at radius 3 is 2.46 bits per heavy atom. The lowest BCUT2D eigenvalue weighted by Gasteiger charge is -2.37. The fourth-order valence-corrected chi connectivity index (χ4v) is 4.22. The molecule has 2 aliphatic heterocycles. The average Bonchev–Trinajstić information content (AvgIpc) is 3.36. The lowest BCUT2D eigenvalue weighted by molar-refractivity contribution is 0.166. The van der Waals surface area contributed by atoms with E-state index in [4.69, 9.17) is 4.52 Å². The van der Waals surface area contributed by atoms with Crippen LogP contribution in [0.15, 0.2) is 21.8 Å². The number of halogens is 1. The molecule has 3 heterocycles. The first-order chi connectivity index (χ1) is 13.2. The van der Waals surface area contributed by atoms with Crippen LogP contribution >= 0.6 is 24.0 Å². The first kappa shape index (κ1) is 23.4. The van der Waals surface area contributed by atoms with Crippen molar-refractivity contribution in [3.05, 3.63) is 18.0 Å². The first-order valence-electron chi connectivity index (χ1n) is 10.5. The lowest BCUT2D eigenvalue weighted by atomic mass is 10.0. The number of hydrogen-bond acceptors (Lipinski definition) is 5. The van der Waals surface area contributed by atoms with E-state index in [2.05, 4.69) is 44.0 Å². The Balaban J connectivity index is 0.00000280. The monoisotopic (exact) mass is 504 g/mol. The summed E-state index contributed by atoms with van der Waals surface area (Å²) < 4.78 is 4.94. The Morgan fingerprint density at radius 2 is 1.89 bits per heavy atom. The van der Waals surface area contributed by atoms with Crippen molar-refractivity contribution in [3.63, 3.8) is 0 Å². The molecule has 2 fully saturated rings. The molecule has 1 aromatic heterocycles. The second kappa shape index (κ2) is 12.0. The van der Waals surface area contributed by atoms with Crippen LogP contribution in [0.1, 0.15) is 38.8 Å². The van der Waals surface area contributed by atoms with Crippen LogP contribution in [0.5, 0.6) is 0 Å². The molecule has 0 radical (unpaired) electrons. The molecule has 0 saturated carbocycles. The molecule has 0 amide bonds. The van der Waals surface area contributed by atoms with Gasteiger partial charge in [0.05, 0.1) is 5.69 Å². The number of guanidine groups is 1. The lowest BCUT2D eigenvalue weighted by Crippen LogP contribution is -2.54. The van der Waals surface area contributed by atoms with E-state index in [1.165, 1.54) is 32.4 Å². The van der Waals surface area contributed by atoms with Crippen LogP contribution < -0.4 is 5.32 Å². The summed E-state index contributed by atoms with van der Waals surface area (Å²) in [5, 5.41) is 7.69. The van der Waals surface area contributed by atoms with Crippen LogP contribution in [0, 0.1) is 5.92 Å². The van der Waals surface area contributed by atoms with E-state index in [0.717, 1.165) is 56.8 Å². The van der Waals surface area contributed by atoms with Gasteiger partial charge in [-0.15, -0.1) is 24.0 Å². The van der Waals surface area contributed by atoms with E-state index < -0.39 is 0 Å². The van der Waals surface area contributed by atoms with E-state index >= 15 is 0 Å². The summed E-state index contributed by atoms with van der Waals surface area (Å²) >= 11 is 0. The van der Waals surface area contributed by atoms with Crippen molar-refractivity contribution in [2.24, 2.45) is 10.9 Å². The van der Waals surface area contributed by atoms with E-state index in [1.54, 1.807) is 6.26 Å². The van der Waals surface area contributed by atoms with Crippen molar-refractivity contribution in [2.45, 2.75) is 45.7 Å². The van der Waals surface area contributed by atoms with Gasteiger partial charge in [-0.2, -0.15) is 0 Å². The molecule has 28 heavy (non-hydrogen) atoms. The SMILES string of the molecule is CN=C(NCC(CC(C)C)N1CCCC1)N1CCN(Cc2ccon2)CC1.I. The molecule has 160 valence electrons. The van der Waals surface area contributed by atoms with Gasteiger partial charge in [0, 0.05) is 58.4 Å². The number of aliphatic imine (C=N–C) groups is 1. The molecular weight excluding hydrogens is 467 g/mol. The Kier molecular flexibility index (Phi) is 10.0. The standard InChI is InChI=1S/C20H36N6O.HI/c1-17(2)14-19(25-7-4-5-8-25)15-22-20(21-3)26-11-9-24(10-12-26)16-18-6-13-27-23-18;/h6,13,17,19H,4-5,7-12,14-16H2,1-3H3,(H,21,22);1H. The predicted octanol–water partition coefficient (Wildman–Crippen LogP) is 2.50. The smallest absolute Gasteiger partial charge is 0.193 e. The van der Waals surface area contributed by atoms with Gasteiger partial charge in [-0.25, -0.2) is 0 Å². The number of piperazine rings is 1. The molecule has 0 spiro atoms. The number of rotatable bonds is 7. The summed E-state index contributed by atoms with van der Waals surface area (Å²) in [5.41, 5.74) is 1.01. The third kappa shape index (κ3) is 6.88. The van der Waals surface area contributed by atoms with Crippen LogP contribution in [0.3, 0.4) is 0 Å². The predicted molar refractivity (Wildman–Crippen MR) is 124 cm³/mol. The van der Waals surface area contributed by atoms with Crippen molar-refractivity contribution >= 4 is 29.9 Å². The summed E-state index contributed by atoms with van der Waals surface area (Å²) in [7, 11) is 1.90. The maximum Gasteiger partial charge on any atom is 0.193 e. The third-order valence-electron chi connectivity index (χ3n) is 5.66. The molecular formula is C20H37IN6O. The molecule has 1 N–H and O–H groups in total. The number of aromatic nitrogens is 1. The molecule has 0 aromatic carbocycles. The number of likely N-dealkylation sites (tertiary alicyclic amines) is 1. The number of hydrogen-bond donors (Lipinski definition) is 1. The summed E-state index contributed by atoms with van der Waals surface area (Å²) in [5.74, 6) is 1.77. The van der Waals surface area contributed by atoms with Gasteiger partial charge in [0.1, 0.15) is 6.26 Å². The van der Waals surface area contributed by atoms with Crippen LogP contribution in [0.2, 0.25) is 0 Å². The topological polar surface area (TPSA) is 60.1 Å². The van der Waals surface area contributed by atoms with Crippen LogP contribution in [-0.4, -0.2) is 84.7 Å². The minimum absolute atomic E-state index is 0. The van der Waals surface area contributed by atoms with Gasteiger partial charge in [-0.1, -0.05) is 19.0 Å². The van der Waals surface area contributed by atoms with Gasteiger partial charge in [-0.05, 0) is 38.3 Å². The summed E-state index contributed by atoms with van der Waals surface area (Å²) in [6.07, 6.45) is 5.58. The fourth-order valence-electron chi connectivity index (χ4n) is 4.22. The van der Waals surface area contributed by atoms with Crippen LogP contribution in [-0.2, 0) is 6.54 Å². The quantitative estimate of drug-likeness (QED) is 0.350. The fraction of sp³-hybridized carbons (Fsp3) is 0.800. The van der Waals surface area contributed by atoms with E-state index in [9.17, 15) is 0 Å². The summed E-state index contributed by atoms with van der Waals surface area (Å²) in [6, 6.07) is 2.55. The van der Waals surface area contributed by atoms with Gasteiger partial charge in [0.15, 0.2) is 5.96 Å². The molecule has 1 unspecified atom stereocenters. The second-order valence-electron chi connectivity index (χ2n) is 8.21. The normalized spacial score (nSPS) is 20.4. The minimum atomic E-state index is 0. The van der Waals surface area contributed by atoms with Gasteiger partial charge in [0.25, 0.3) is 0 Å². The van der Waals surface area contributed by atoms with Crippen LogP contribution in [0.25, 0.3) is 0 Å². The van der Waals surface area contributed by atoms with Gasteiger partial charge >= 0.3 is 0 Å². The summed E-state index contributed by atoms with van der Waals surface area (Å²) in [6.45, 7) is 13.0. The van der Waals surface area contributed by atoms with Gasteiger partial charge < -0.3 is 14.7 Å². The highest BCUT2D eigenvalue weighted by atomic mass is 127. The largest absolute Gasteiger partial charge is 0.364 e. The van der Waals surface area contributed by atoms with Gasteiger partial charge in [-0.3, -0.25) is 14.8 Å². The van der Waals surface area contributed by atoms with Crippen molar-refractivity contribution in [1.82, 2.24) is 25.2 Å². The highest BCUT2D eigenvalue weighted by Gasteiger charge is 2.25. The third-order valence-corrected chi connectivity index (χ3v) is 5.66. The minimum Gasteiger partial charge on any atom is -0.364 e. The Morgan fingerprint density at radius 1 is 1.18 bits per heavy atom. The zero-order chi connectivity index (χ0) is 19.1. The Hall–Kier alpha value is -0.870. The zero-order valence-corrected chi connectivity index (χ0v) is 20.0. The van der Waals surface area contributed by atoms with Crippen molar-refractivity contribution in [3.8, 4) is 0 Å². The molecule has 7 nitrogen and oxygen atoms in total. The molecule has 3 rings (SSSR count). The molecule has 0 aliphatic carbocycles. The first-order valence-corrected chi connectivity index (χ1v) is 10.5. The van der Waals surface area contributed by atoms with E-state index in [0.29, 0.717) is 6.04 Å². The Bertz CT molecular complexity index is 565. The molecule has 8 heteroatoms. The highest BCUT2D eigenvalue weighted by molar-refractivity contribution is 14.0.